The van der Waals surface area contributed by atoms with Crippen LogP contribution in [0.2, 0.25) is 0 Å². The Morgan fingerprint density at radius 1 is 1.00 bits per heavy atom. The summed E-state index contributed by atoms with van der Waals surface area (Å²) in [6, 6.07) is 27.5. The van der Waals surface area contributed by atoms with Crippen LogP contribution < -0.4 is 10.2 Å². The predicted molar refractivity (Wildman–Crippen MR) is 131 cm³/mol. The molecule has 6 nitrogen and oxygen atoms in total. The van der Waals surface area contributed by atoms with E-state index in [1.807, 2.05) is 91.1 Å². The maximum absolute atomic E-state index is 12.2. The van der Waals surface area contributed by atoms with Gasteiger partial charge in [0.05, 0.1) is 11.9 Å². The van der Waals surface area contributed by atoms with Gasteiger partial charge in [0.1, 0.15) is 11.4 Å². The zero-order valence-corrected chi connectivity index (χ0v) is 18.7. The van der Waals surface area contributed by atoms with Gasteiger partial charge in [0.2, 0.25) is 0 Å². The average molecular weight is 439 g/mol. The first-order chi connectivity index (χ1) is 16.1. The summed E-state index contributed by atoms with van der Waals surface area (Å²) in [5, 5.41) is 8.86. The Bertz CT molecular complexity index is 1210. The second-order valence-corrected chi connectivity index (χ2v) is 7.88. The maximum Gasteiger partial charge on any atom is 0.277 e. The van der Waals surface area contributed by atoms with Crippen LogP contribution in [0, 0.1) is 0 Å². The molecule has 0 aliphatic heterocycles. The van der Waals surface area contributed by atoms with Gasteiger partial charge in [-0.05, 0) is 35.7 Å². The summed E-state index contributed by atoms with van der Waals surface area (Å²) in [6.45, 7) is 4.15. The number of rotatable bonds is 8. The summed E-state index contributed by atoms with van der Waals surface area (Å²) in [5.74, 6) is 0.758. The van der Waals surface area contributed by atoms with Gasteiger partial charge in [0, 0.05) is 17.3 Å². The molecule has 33 heavy (non-hydrogen) atoms. The molecule has 0 aliphatic rings. The molecule has 0 fully saturated rings. The highest BCUT2D eigenvalue weighted by molar-refractivity contribution is 5.89. The monoisotopic (exact) mass is 438 g/mol. The Hall–Kier alpha value is -4.19. The van der Waals surface area contributed by atoms with Crippen LogP contribution in [0.5, 0.6) is 5.75 Å². The minimum Gasteiger partial charge on any atom is -0.484 e. The van der Waals surface area contributed by atoms with Crippen LogP contribution in [0.15, 0.2) is 96.2 Å². The number of aromatic nitrogens is 2. The lowest BCUT2D eigenvalue weighted by Gasteiger charge is -2.08. The number of hydrogen-bond acceptors (Lipinski definition) is 4. The Labute approximate surface area is 193 Å². The first-order valence-corrected chi connectivity index (χ1v) is 10.9. The van der Waals surface area contributed by atoms with Gasteiger partial charge in [-0.2, -0.15) is 10.2 Å². The molecule has 0 atom stereocenters. The fourth-order valence-electron chi connectivity index (χ4n) is 3.32. The molecular weight excluding hydrogens is 412 g/mol. The summed E-state index contributed by atoms with van der Waals surface area (Å²) in [7, 11) is 0. The van der Waals surface area contributed by atoms with Crippen molar-refractivity contribution in [2.75, 3.05) is 6.61 Å². The minimum absolute atomic E-state index is 0.118. The SMILES string of the molecule is CC(C)c1ccc(OCC(=O)N/N=C/c2cn(-c3ccccc3)nc2-c2ccccc2)cc1. The van der Waals surface area contributed by atoms with E-state index in [0.717, 1.165) is 22.5 Å². The Morgan fingerprint density at radius 3 is 2.33 bits per heavy atom. The Kier molecular flexibility index (Phi) is 6.95. The van der Waals surface area contributed by atoms with E-state index in [1.165, 1.54) is 5.56 Å². The number of nitrogens with one attached hydrogen (secondary N) is 1. The van der Waals surface area contributed by atoms with Crippen molar-refractivity contribution in [3.05, 3.63) is 102 Å². The van der Waals surface area contributed by atoms with E-state index in [9.17, 15) is 4.79 Å². The quantitative estimate of drug-likeness (QED) is 0.304. The van der Waals surface area contributed by atoms with Gasteiger partial charge in [0.15, 0.2) is 6.61 Å². The molecule has 1 N–H and O–H groups in total. The molecule has 0 saturated carbocycles. The molecule has 6 heteroatoms. The summed E-state index contributed by atoms with van der Waals surface area (Å²) in [4.78, 5) is 12.2. The Balaban J connectivity index is 1.43. The van der Waals surface area contributed by atoms with E-state index in [0.29, 0.717) is 11.7 Å². The number of carbonyl (C=O) groups is 1. The van der Waals surface area contributed by atoms with E-state index in [1.54, 1.807) is 10.9 Å². The zero-order valence-electron chi connectivity index (χ0n) is 18.7. The lowest BCUT2D eigenvalue weighted by atomic mass is 10.0. The maximum atomic E-state index is 12.2. The van der Waals surface area contributed by atoms with Crippen LogP contribution >= 0.6 is 0 Å². The van der Waals surface area contributed by atoms with Gasteiger partial charge in [-0.3, -0.25) is 4.79 Å². The second-order valence-electron chi connectivity index (χ2n) is 7.88. The fourth-order valence-corrected chi connectivity index (χ4v) is 3.32. The van der Waals surface area contributed by atoms with Crippen LogP contribution in [-0.2, 0) is 4.79 Å². The molecule has 1 aromatic heterocycles. The second kappa shape index (κ2) is 10.4. The third-order valence-electron chi connectivity index (χ3n) is 5.12. The van der Waals surface area contributed by atoms with E-state index < -0.39 is 0 Å². The first kappa shape index (κ1) is 22.0. The number of benzene rings is 3. The van der Waals surface area contributed by atoms with Crippen LogP contribution in [0.4, 0.5) is 0 Å². The average Bonchev–Trinajstić information content (AvgIpc) is 3.28. The van der Waals surface area contributed by atoms with Gasteiger partial charge in [-0.1, -0.05) is 74.5 Å². The minimum atomic E-state index is -0.337. The van der Waals surface area contributed by atoms with Crippen molar-refractivity contribution in [1.29, 1.82) is 0 Å². The van der Waals surface area contributed by atoms with Crippen LogP contribution in [0.1, 0.15) is 30.9 Å². The van der Waals surface area contributed by atoms with E-state index in [2.05, 4.69) is 24.4 Å². The molecule has 0 radical (unpaired) electrons. The van der Waals surface area contributed by atoms with Gasteiger partial charge in [-0.15, -0.1) is 0 Å². The van der Waals surface area contributed by atoms with E-state index in [4.69, 9.17) is 9.84 Å². The highest BCUT2D eigenvalue weighted by atomic mass is 16.5. The predicted octanol–water partition coefficient (Wildman–Crippen LogP) is 5.19. The highest BCUT2D eigenvalue weighted by Crippen LogP contribution is 2.22. The Morgan fingerprint density at radius 2 is 1.67 bits per heavy atom. The number of carbonyl (C=O) groups excluding carboxylic acids is 1. The molecule has 0 unspecified atom stereocenters. The summed E-state index contributed by atoms with van der Waals surface area (Å²) in [6.07, 6.45) is 3.49. The third kappa shape index (κ3) is 5.74. The van der Waals surface area contributed by atoms with Gasteiger partial charge < -0.3 is 4.74 Å². The largest absolute Gasteiger partial charge is 0.484 e. The first-order valence-electron chi connectivity index (χ1n) is 10.9. The molecule has 0 bridgehead atoms. The zero-order chi connectivity index (χ0) is 23.0. The smallest absolute Gasteiger partial charge is 0.277 e. The molecule has 1 amide bonds. The number of para-hydroxylation sites is 1. The standard InChI is InChI=1S/C27H26N4O2/c1-20(2)21-13-15-25(16-14-21)33-19-26(32)29-28-17-23-18-31(24-11-7-4-8-12-24)30-27(23)22-9-5-3-6-10-22/h3-18,20H,19H2,1-2H3,(H,29,32)/b28-17+. The lowest BCUT2D eigenvalue weighted by molar-refractivity contribution is -0.123. The van der Waals surface area contributed by atoms with Crippen molar-refractivity contribution in [3.63, 3.8) is 0 Å². The number of hydrazone groups is 1. The number of hydrogen-bond donors (Lipinski definition) is 1. The van der Waals surface area contributed by atoms with Crippen LogP contribution in [0.3, 0.4) is 0 Å². The van der Waals surface area contributed by atoms with Crippen molar-refractivity contribution in [1.82, 2.24) is 15.2 Å². The van der Waals surface area contributed by atoms with Crippen molar-refractivity contribution in [2.45, 2.75) is 19.8 Å². The summed E-state index contributed by atoms with van der Waals surface area (Å²) >= 11 is 0. The van der Waals surface area contributed by atoms with Crippen molar-refractivity contribution >= 4 is 12.1 Å². The normalized spacial score (nSPS) is 11.1. The van der Waals surface area contributed by atoms with Crippen LogP contribution in [0.25, 0.3) is 16.9 Å². The van der Waals surface area contributed by atoms with Crippen molar-refractivity contribution in [3.8, 4) is 22.7 Å². The number of nitrogens with zero attached hydrogens (tertiary/aromatic N) is 3. The molecule has 4 aromatic rings. The fraction of sp³-hybridized carbons (Fsp3) is 0.148. The van der Waals surface area contributed by atoms with Gasteiger partial charge in [0.25, 0.3) is 5.91 Å². The molecule has 4 rings (SSSR count). The number of ether oxygens (including phenoxy) is 1. The van der Waals surface area contributed by atoms with Gasteiger partial charge in [-0.25, -0.2) is 10.1 Å². The van der Waals surface area contributed by atoms with Gasteiger partial charge >= 0.3 is 0 Å². The van der Waals surface area contributed by atoms with E-state index in [-0.39, 0.29) is 12.5 Å². The molecule has 166 valence electrons. The molecule has 3 aromatic carbocycles. The molecule has 0 aliphatic carbocycles. The number of amides is 1. The molecule has 0 saturated heterocycles. The molecule has 1 heterocycles. The molecule has 0 spiro atoms. The third-order valence-corrected chi connectivity index (χ3v) is 5.12. The van der Waals surface area contributed by atoms with E-state index >= 15 is 0 Å². The van der Waals surface area contributed by atoms with Crippen molar-refractivity contribution in [2.24, 2.45) is 5.10 Å². The van der Waals surface area contributed by atoms with Crippen LogP contribution in [-0.4, -0.2) is 28.5 Å². The highest BCUT2D eigenvalue weighted by Gasteiger charge is 2.11. The molecular formula is C27H26N4O2. The topological polar surface area (TPSA) is 68.5 Å². The summed E-state index contributed by atoms with van der Waals surface area (Å²) < 4.78 is 7.36. The summed E-state index contributed by atoms with van der Waals surface area (Å²) in [5.41, 5.74) is 7.22. The van der Waals surface area contributed by atoms with Crippen molar-refractivity contribution < 1.29 is 9.53 Å². The lowest BCUT2D eigenvalue weighted by Crippen LogP contribution is -2.24.